The Labute approximate surface area is 193 Å². The molecule has 2 aliphatic heterocycles. The maximum Gasteiger partial charge on any atom is 0.236 e. The standard InChI is InChI=1S/C24H28FN3O4S/c25-22-18-21(6-7-23(22)27-13-15-32-16-14-27)26-24(29)20-8-11-28(12-9-20)33(30,31)17-10-19-4-2-1-3-5-19/h1-7,10,17-18,20H,8-9,11-16H2,(H,26,29)/b17-10+. The first kappa shape index (κ1) is 23.4. The number of halogens is 1. The number of morpholine rings is 1. The Hall–Kier alpha value is -2.75. The van der Waals surface area contributed by atoms with Gasteiger partial charge in [-0.05, 0) is 42.7 Å². The lowest BCUT2D eigenvalue weighted by Gasteiger charge is -2.30. The minimum atomic E-state index is -3.55. The highest BCUT2D eigenvalue weighted by Gasteiger charge is 2.30. The van der Waals surface area contributed by atoms with E-state index in [2.05, 4.69) is 5.32 Å². The van der Waals surface area contributed by atoms with Crippen LogP contribution in [-0.4, -0.2) is 58.0 Å². The maximum atomic E-state index is 14.6. The first-order chi connectivity index (χ1) is 15.9. The van der Waals surface area contributed by atoms with Gasteiger partial charge in [0.2, 0.25) is 15.9 Å². The van der Waals surface area contributed by atoms with Crippen molar-refractivity contribution in [3.05, 3.63) is 65.3 Å². The highest BCUT2D eigenvalue weighted by atomic mass is 32.2. The molecule has 9 heteroatoms. The molecule has 2 aromatic rings. The Bertz CT molecular complexity index is 1090. The Morgan fingerprint density at radius 2 is 1.73 bits per heavy atom. The van der Waals surface area contributed by atoms with E-state index >= 15 is 0 Å². The molecule has 0 aromatic heterocycles. The van der Waals surface area contributed by atoms with E-state index in [9.17, 15) is 17.6 Å². The van der Waals surface area contributed by atoms with Gasteiger partial charge in [0.1, 0.15) is 5.82 Å². The molecule has 0 bridgehead atoms. The van der Waals surface area contributed by atoms with E-state index < -0.39 is 10.0 Å². The molecule has 2 heterocycles. The van der Waals surface area contributed by atoms with Gasteiger partial charge in [-0.2, -0.15) is 4.31 Å². The van der Waals surface area contributed by atoms with Crippen LogP contribution in [0.25, 0.3) is 6.08 Å². The summed E-state index contributed by atoms with van der Waals surface area (Å²) in [7, 11) is -3.55. The summed E-state index contributed by atoms with van der Waals surface area (Å²) in [5.74, 6) is -0.928. The number of ether oxygens (including phenoxy) is 1. The van der Waals surface area contributed by atoms with Gasteiger partial charge in [0, 0.05) is 43.2 Å². The van der Waals surface area contributed by atoms with Crippen LogP contribution in [0.5, 0.6) is 0 Å². The minimum absolute atomic E-state index is 0.217. The predicted molar refractivity (Wildman–Crippen MR) is 127 cm³/mol. The highest BCUT2D eigenvalue weighted by Crippen LogP contribution is 2.26. The third-order valence-electron chi connectivity index (χ3n) is 5.98. The zero-order valence-electron chi connectivity index (χ0n) is 18.3. The second-order valence-corrected chi connectivity index (χ2v) is 10.0. The zero-order chi connectivity index (χ0) is 23.3. The number of hydrogen-bond donors (Lipinski definition) is 1. The molecule has 2 saturated heterocycles. The van der Waals surface area contributed by atoms with E-state index in [1.807, 2.05) is 35.2 Å². The summed E-state index contributed by atoms with van der Waals surface area (Å²) in [5.41, 5.74) is 1.70. The van der Waals surface area contributed by atoms with E-state index in [0.717, 1.165) is 5.56 Å². The molecule has 0 aliphatic carbocycles. The topological polar surface area (TPSA) is 79.0 Å². The van der Waals surface area contributed by atoms with Gasteiger partial charge in [-0.1, -0.05) is 30.3 Å². The normalized spacial score (nSPS) is 18.5. The molecular weight excluding hydrogens is 445 g/mol. The van der Waals surface area contributed by atoms with Gasteiger partial charge in [-0.3, -0.25) is 4.79 Å². The van der Waals surface area contributed by atoms with Crippen LogP contribution in [0.3, 0.4) is 0 Å². The number of rotatable bonds is 6. The number of sulfonamides is 1. The number of hydrogen-bond acceptors (Lipinski definition) is 5. The monoisotopic (exact) mass is 473 g/mol. The van der Waals surface area contributed by atoms with Crippen molar-refractivity contribution in [1.82, 2.24) is 4.31 Å². The zero-order valence-corrected chi connectivity index (χ0v) is 19.1. The van der Waals surface area contributed by atoms with Crippen LogP contribution >= 0.6 is 0 Å². The van der Waals surface area contributed by atoms with Crippen LogP contribution in [0, 0.1) is 11.7 Å². The van der Waals surface area contributed by atoms with Gasteiger partial charge >= 0.3 is 0 Å². The average Bonchev–Trinajstić information content (AvgIpc) is 2.84. The molecule has 176 valence electrons. The second kappa shape index (κ2) is 10.5. The van der Waals surface area contributed by atoms with Crippen molar-refractivity contribution >= 4 is 33.4 Å². The fourth-order valence-corrected chi connectivity index (χ4v) is 5.30. The third-order valence-corrected chi connectivity index (χ3v) is 7.55. The lowest BCUT2D eigenvalue weighted by molar-refractivity contribution is -0.120. The van der Waals surface area contributed by atoms with Crippen molar-refractivity contribution in [2.75, 3.05) is 49.6 Å². The summed E-state index contributed by atoms with van der Waals surface area (Å²) in [6.45, 7) is 2.92. The molecule has 1 N–H and O–H groups in total. The average molecular weight is 474 g/mol. The molecule has 4 rings (SSSR count). The quantitative estimate of drug-likeness (QED) is 0.697. The molecule has 0 unspecified atom stereocenters. The third kappa shape index (κ3) is 5.98. The predicted octanol–water partition coefficient (Wildman–Crippen LogP) is 3.31. The Morgan fingerprint density at radius 1 is 1.03 bits per heavy atom. The summed E-state index contributed by atoms with van der Waals surface area (Å²) < 4.78 is 46.5. The van der Waals surface area contributed by atoms with E-state index in [4.69, 9.17) is 4.74 Å². The van der Waals surface area contributed by atoms with E-state index in [-0.39, 0.29) is 30.7 Å². The number of amides is 1. The van der Waals surface area contributed by atoms with Crippen LogP contribution in [-0.2, 0) is 19.6 Å². The molecular formula is C24H28FN3O4S. The Kier molecular flexibility index (Phi) is 7.42. The highest BCUT2D eigenvalue weighted by molar-refractivity contribution is 7.92. The Morgan fingerprint density at radius 3 is 2.39 bits per heavy atom. The number of anilines is 2. The number of carbonyl (C=O) groups excluding carboxylic acids is 1. The largest absolute Gasteiger partial charge is 0.378 e. The second-order valence-electron chi connectivity index (χ2n) is 8.19. The smallest absolute Gasteiger partial charge is 0.236 e. The number of piperidine rings is 1. The number of benzene rings is 2. The van der Waals surface area contributed by atoms with Crippen molar-refractivity contribution in [1.29, 1.82) is 0 Å². The molecule has 0 atom stereocenters. The lowest BCUT2D eigenvalue weighted by atomic mass is 9.97. The molecule has 0 saturated carbocycles. The van der Waals surface area contributed by atoms with Gasteiger partial charge in [-0.25, -0.2) is 12.8 Å². The molecule has 33 heavy (non-hydrogen) atoms. The van der Waals surface area contributed by atoms with Crippen LogP contribution < -0.4 is 10.2 Å². The number of nitrogens with one attached hydrogen (secondary N) is 1. The van der Waals surface area contributed by atoms with E-state index in [1.54, 1.807) is 18.2 Å². The van der Waals surface area contributed by atoms with Crippen LogP contribution in [0.4, 0.5) is 15.8 Å². The van der Waals surface area contributed by atoms with Crippen LogP contribution in [0.2, 0.25) is 0 Å². The minimum Gasteiger partial charge on any atom is -0.378 e. The maximum absolute atomic E-state index is 14.6. The fourth-order valence-electron chi connectivity index (χ4n) is 4.08. The molecule has 2 aromatic carbocycles. The molecule has 0 radical (unpaired) electrons. The van der Waals surface area contributed by atoms with Crippen LogP contribution in [0.15, 0.2) is 53.9 Å². The summed E-state index contributed by atoms with van der Waals surface area (Å²) in [5, 5.41) is 3.99. The van der Waals surface area contributed by atoms with Gasteiger partial charge in [-0.15, -0.1) is 0 Å². The summed E-state index contributed by atoms with van der Waals surface area (Å²) >= 11 is 0. The van der Waals surface area contributed by atoms with E-state index in [0.29, 0.717) is 50.5 Å². The van der Waals surface area contributed by atoms with Crippen molar-refractivity contribution in [2.24, 2.45) is 5.92 Å². The van der Waals surface area contributed by atoms with Crippen molar-refractivity contribution in [3.8, 4) is 0 Å². The first-order valence-electron chi connectivity index (χ1n) is 11.1. The molecule has 7 nitrogen and oxygen atoms in total. The summed E-state index contributed by atoms with van der Waals surface area (Å²) in [6, 6.07) is 13.9. The van der Waals surface area contributed by atoms with Crippen LogP contribution in [0.1, 0.15) is 18.4 Å². The van der Waals surface area contributed by atoms with E-state index in [1.165, 1.54) is 15.8 Å². The fraction of sp³-hybridized carbons (Fsp3) is 0.375. The summed E-state index contributed by atoms with van der Waals surface area (Å²) in [4.78, 5) is 14.6. The molecule has 1 amide bonds. The van der Waals surface area contributed by atoms with Crippen molar-refractivity contribution < 1.29 is 22.3 Å². The van der Waals surface area contributed by atoms with Crippen molar-refractivity contribution in [3.63, 3.8) is 0 Å². The molecule has 2 aliphatic rings. The molecule has 0 spiro atoms. The Balaban J connectivity index is 1.31. The first-order valence-corrected chi connectivity index (χ1v) is 12.6. The van der Waals surface area contributed by atoms with Crippen molar-refractivity contribution in [2.45, 2.75) is 12.8 Å². The number of nitrogens with zero attached hydrogens (tertiary/aromatic N) is 2. The van der Waals surface area contributed by atoms with Gasteiger partial charge < -0.3 is 15.0 Å². The van der Waals surface area contributed by atoms with Gasteiger partial charge in [0.25, 0.3) is 0 Å². The molecule has 2 fully saturated rings. The summed E-state index contributed by atoms with van der Waals surface area (Å²) in [6.07, 6.45) is 2.40. The van der Waals surface area contributed by atoms with Gasteiger partial charge in [0.15, 0.2) is 0 Å². The lowest BCUT2D eigenvalue weighted by Crippen LogP contribution is -2.40. The SMILES string of the molecule is O=C(Nc1ccc(N2CCOCC2)c(F)c1)C1CCN(S(=O)(=O)/C=C/c2ccccc2)CC1. The number of carbonyl (C=O) groups is 1. The van der Waals surface area contributed by atoms with Gasteiger partial charge in [0.05, 0.1) is 18.9 Å².